The van der Waals surface area contributed by atoms with Crippen molar-refractivity contribution in [2.75, 3.05) is 26.2 Å². The minimum atomic E-state index is -2.22. The van der Waals surface area contributed by atoms with Crippen molar-refractivity contribution in [3.8, 4) is 0 Å². The molecular formula is C18H28NO6+. The van der Waals surface area contributed by atoms with Crippen molar-refractivity contribution in [1.82, 2.24) is 0 Å². The number of likely N-dealkylation sites (N-methyl/N-ethyl adjacent to an activating group) is 1. The van der Waals surface area contributed by atoms with Crippen molar-refractivity contribution in [3.63, 3.8) is 0 Å². The summed E-state index contributed by atoms with van der Waals surface area (Å²) in [5.41, 5.74) is -3.30. The zero-order chi connectivity index (χ0) is 18.6. The number of hydrogen-bond acceptors (Lipinski definition) is 6. The molecule has 0 radical (unpaired) electrons. The van der Waals surface area contributed by atoms with Gasteiger partial charge in [-0.15, -0.1) is 0 Å². The molecule has 3 rings (SSSR count). The van der Waals surface area contributed by atoms with Crippen molar-refractivity contribution in [2.24, 2.45) is 5.92 Å². The van der Waals surface area contributed by atoms with Crippen LogP contribution < -0.4 is 0 Å². The first-order valence-electron chi connectivity index (χ1n) is 8.94. The largest absolute Gasteiger partial charge is 0.459 e. The van der Waals surface area contributed by atoms with Crippen molar-refractivity contribution >= 4 is 11.9 Å². The summed E-state index contributed by atoms with van der Waals surface area (Å²) in [7, 11) is 0. The molecule has 7 nitrogen and oxygen atoms in total. The number of ether oxygens (including phenoxy) is 2. The minimum Gasteiger partial charge on any atom is -0.459 e. The van der Waals surface area contributed by atoms with E-state index < -0.39 is 29.1 Å². The van der Waals surface area contributed by atoms with Gasteiger partial charge in [0.1, 0.15) is 12.2 Å². The maximum Gasteiger partial charge on any atom is 0.341 e. The topological polar surface area (TPSA) is 93.1 Å². The lowest BCUT2D eigenvalue weighted by Gasteiger charge is -2.39. The first kappa shape index (κ1) is 18.4. The average molecular weight is 354 g/mol. The van der Waals surface area contributed by atoms with E-state index >= 15 is 0 Å². The van der Waals surface area contributed by atoms with E-state index in [9.17, 15) is 19.8 Å². The molecule has 6 atom stereocenters. The maximum atomic E-state index is 12.7. The molecule has 0 spiro atoms. The van der Waals surface area contributed by atoms with Gasteiger partial charge >= 0.3 is 11.9 Å². The van der Waals surface area contributed by atoms with E-state index in [1.165, 1.54) is 20.8 Å². The van der Waals surface area contributed by atoms with Gasteiger partial charge in [0.25, 0.3) is 0 Å². The fourth-order valence-electron chi connectivity index (χ4n) is 4.40. The lowest BCUT2D eigenvalue weighted by atomic mass is 9.76. The Morgan fingerprint density at radius 2 is 2.00 bits per heavy atom. The first-order chi connectivity index (χ1) is 11.6. The zero-order valence-electron chi connectivity index (χ0n) is 15.3. The second kappa shape index (κ2) is 5.79. The van der Waals surface area contributed by atoms with Gasteiger partial charge < -0.3 is 24.2 Å². The van der Waals surface area contributed by atoms with Crippen LogP contribution >= 0.6 is 0 Å². The lowest BCUT2D eigenvalue weighted by Crippen LogP contribution is -2.61. The number of esters is 2. The molecule has 25 heavy (non-hydrogen) atoms. The Hall–Kier alpha value is -1.44. The van der Waals surface area contributed by atoms with Gasteiger partial charge in [-0.25, -0.2) is 4.79 Å². The number of quaternary nitrogens is 1. The number of carbonyl (C=O) groups excluding carboxylic acids is 2. The third-order valence-corrected chi connectivity index (χ3v) is 6.75. The van der Waals surface area contributed by atoms with Crippen molar-refractivity contribution < 1.29 is 33.8 Å². The van der Waals surface area contributed by atoms with E-state index in [4.69, 9.17) is 9.47 Å². The van der Waals surface area contributed by atoms with Crippen LogP contribution in [0.1, 0.15) is 34.1 Å². The quantitative estimate of drug-likeness (QED) is 0.395. The summed E-state index contributed by atoms with van der Waals surface area (Å²) in [6, 6.07) is -0.0260. The highest BCUT2D eigenvalue weighted by molar-refractivity contribution is 5.83. The third-order valence-electron chi connectivity index (χ3n) is 6.75. The first-order valence-corrected chi connectivity index (χ1v) is 8.94. The van der Waals surface area contributed by atoms with Crippen molar-refractivity contribution in [3.05, 3.63) is 11.6 Å². The number of hydrogen-bond donors (Lipinski definition) is 2. The Morgan fingerprint density at radius 1 is 1.32 bits per heavy atom. The molecule has 7 heteroatoms. The van der Waals surface area contributed by atoms with Crippen LogP contribution in [0.25, 0.3) is 0 Å². The van der Waals surface area contributed by atoms with Crippen LogP contribution in [0.2, 0.25) is 0 Å². The van der Waals surface area contributed by atoms with Crippen LogP contribution in [0, 0.1) is 5.92 Å². The number of carbonyl (C=O) groups is 2. The number of nitrogens with zero attached hydrogens (tertiary/aromatic N) is 1. The van der Waals surface area contributed by atoms with Crippen LogP contribution in [0.5, 0.6) is 0 Å². The van der Waals surface area contributed by atoms with Crippen LogP contribution in [-0.2, 0) is 19.1 Å². The third kappa shape index (κ3) is 2.52. The molecule has 3 aliphatic heterocycles. The Labute approximate surface area is 147 Å². The molecule has 0 aliphatic carbocycles. The second-order valence-electron chi connectivity index (χ2n) is 7.95. The van der Waals surface area contributed by atoms with E-state index in [0.29, 0.717) is 0 Å². The Bertz CT molecular complexity index is 625. The summed E-state index contributed by atoms with van der Waals surface area (Å²) in [5, 5.41) is 21.3. The van der Waals surface area contributed by atoms with Gasteiger partial charge in [0.05, 0.1) is 25.6 Å². The highest BCUT2D eigenvalue weighted by Gasteiger charge is 2.58. The van der Waals surface area contributed by atoms with Gasteiger partial charge in [-0.3, -0.25) is 4.79 Å². The molecule has 3 heterocycles. The van der Waals surface area contributed by atoms with Gasteiger partial charge in [0.2, 0.25) is 0 Å². The molecule has 0 aromatic heterocycles. The summed E-state index contributed by atoms with van der Waals surface area (Å²) < 4.78 is 11.9. The van der Waals surface area contributed by atoms with Crippen LogP contribution in [0.4, 0.5) is 0 Å². The molecular weight excluding hydrogens is 326 g/mol. The van der Waals surface area contributed by atoms with E-state index in [1.54, 1.807) is 0 Å². The SMILES string of the molecule is CC[N+]12CC=C3COC(=O)[C@@](C)(O)[C@@](C)(O)[C@H](C)C(=O)O[C@H](CC1)[C@H]32. The molecule has 2 N–H and O–H groups in total. The van der Waals surface area contributed by atoms with Gasteiger partial charge in [-0.1, -0.05) is 0 Å². The fourth-order valence-corrected chi connectivity index (χ4v) is 4.40. The summed E-state index contributed by atoms with van der Waals surface area (Å²) in [4.78, 5) is 25.1. The summed E-state index contributed by atoms with van der Waals surface area (Å²) in [5.74, 6) is -2.62. The second-order valence-corrected chi connectivity index (χ2v) is 7.95. The monoisotopic (exact) mass is 354 g/mol. The van der Waals surface area contributed by atoms with E-state index in [1.807, 2.05) is 0 Å². The predicted molar refractivity (Wildman–Crippen MR) is 88.3 cm³/mol. The molecule has 0 aromatic rings. The van der Waals surface area contributed by atoms with E-state index in [2.05, 4.69) is 13.0 Å². The van der Waals surface area contributed by atoms with Gasteiger partial charge in [-0.2, -0.15) is 0 Å². The van der Waals surface area contributed by atoms with Gasteiger partial charge in [0.15, 0.2) is 17.7 Å². The predicted octanol–water partition coefficient (Wildman–Crippen LogP) is 0.142. The Balaban J connectivity index is 2.00. The molecule has 1 unspecified atom stereocenters. The Kier molecular flexibility index (Phi) is 4.25. The molecule has 2 fully saturated rings. The highest BCUT2D eigenvalue weighted by Crippen LogP contribution is 2.41. The van der Waals surface area contributed by atoms with Crippen LogP contribution in [0.3, 0.4) is 0 Å². The summed E-state index contributed by atoms with van der Waals surface area (Å²) in [6.07, 6.45) is 2.48. The van der Waals surface area contributed by atoms with Crippen molar-refractivity contribution in [2.45, 2.75) is 57.5 Å². The molecule has 0 bridgehead atoms. The maximum absolute atomic E-state index is 12.7. The fraction of sp³-hybridized carbons (Fsp3) is 0.778. The van der Waals surface area contributed by atoms with Crippen LogP contribution in [0.15, 0.2) is 11.6 Å². The summed E-state index contributed by atoms with van der Waals surface area (Å²) in [6.45, 7) is 8.67. The smallest absolute Gasteiger partial charge is 0.341 e. The standard InChI is InChI=1S/C18H28NO6/c1-5-19-8-6-12-10-24-16(21)18(4,23)17(3,22)11(2)15(20)25-13(7-9-19)14(12)19/h6,11,13-14,22-23H,5,7-10H2,1-4H3/q+1/t11-,13-,14+,17+,18-,19?/m1/s1. The molecule has 0 amide bonds. The lowest BCUT2D eigenvalue weighted by molar-refractivity contribution is -0.923. The normalized spacial score (nSPS) is 47.4. The number of rotatable bonds is 1. The molecule has 2 saturated heterocycles. The summed E-state index contributed by atoms with van der Waals surface area (Å²) >= 11 is 0. The van der Waals surface area contributed by atoms with E-state index in [0.717, 1.165) is 36.1 Å². The van der Waals surface area contributed by atoms with E-state index in [-0.39, 0.29) is 18.8 Å². The number of cyclic esters (lactones) is 1. The molecule has 140 valence electrons. The minimum absolute atomic E-state index is 0.0260. The van der Waals surface area contributed by atoms with Gasteiger partial charge in [-0.05, 0) is 33.8 Å². The van der Waals surface area contributed by atoms with Crippen LogP contribution in [-0.4, -0.2) is 76.2 Å². The Morgan fingerprint density at radius 3 is 2.64 bits per heavy atom. The van der Waals surface area contributed by atoms with Gasteiger partial charge in [0, 0.05) is 12.0 Å². The molecule has 3 aliphatic rings. The highest BCUT2D eigenvalue weighted by atomic mass is 16.6. The molecule has 0 saturated carbocycles. The number of aliphatic hydroxyl groups is 2. The average Bonchev–Trinajstić information content (AvgIpc) is 3.09. The molecule has 0 aromatic carbocycles. The zero-order valence-corrected chi connectivity index (χ0v) is 15.3. The van der Waals surface area contributed by atoms with Crippen molar-refractivity contribution in [1.29, 1.82) is 0 Å².